The Labute approximate surface area is 143 Å². The molecule has 0 radical (unpaired) electrons. The second kappa shape index (κ2) is 7.78. The summed E-state index contributed by atoms with van der Waals surface area (Å²) in [6, 6.07) is 13.7. The molecule has 120 valence electrons. The molecule has 0 fully saturated rings. The van der Waals surface area contributed by atoms with Gasteiger partial charge in [0, 0.05) is 10.2 Å². The summed E-state index contributed by atoms with van der Waals surface area (Å²) in [6.07, 6.45) is -0.513. The molecule has 1 unspecified atom stereocenters. The highest BCUT2D eigenvalue weighted by molar-refractivity contribution is 9.10. The van der Waals surface area contributed by atoms with E-state index in [1.54, 1.807) is 37.3 Å². The summed E-state index contributed by atoms with van der Waals surface area (Å²) in [7, 11) is 0. The fourth-order valence-electron chi connectivity index (χ4n) is 1.96. The van der Waals surface area contributed by atoms with Crippen LogP contribution in [0, 0.1) is 0 Å². The molecule has 0 aliphatic carbocycles. The molecule has 2 aromatic carbocycles. The highest BCUT2D eigenvalue weighted by atomic mass is 79.9. The number of halogens is 1. The predicted molar refractivity (Wildman–Crippen MR) is 93.1 cm³/mol. The lowest BCUT2D eigenvalue weighted by Crippen LogP contribution is -2.32. The summed E-state index contributed by atoms with van der Waals surface area (Å²) in [4.78, 5) is 24.4. The summed E-state index contributed by atoms with van der Waals surface area (Å²) < 4.78 is 6.05. The molecule has 1 amide bonds. The third kappa shape index (κ3) is 4.56. The molecule has 0 bridgehead atoms. The van der Waals surface area contributed by atoms with E-state index in [9.17, 15) is 9.59 Å². The van der Waals surface area contributed by atoms with Crippen LogP contribution in [0.3, 0.4) is 0 Å². The number of nitrogens with one attached hydrogen (secondary N) is 1. The van der Waals surface area contributed by atoms with Gasteiger partial charge < -0.3 is 15.8 Å². The topological polar surface area (TPSA) is 81.4 Å². The lowest BCUT2D eigenvalue weighted by atomic mass is 10.2. The van der Waals surface area contributed by atoms with Crippen molar-refractivity contribution in [1.82, 2.24) is 0 Å². The number of para-hydroxylation sites is 1. The number of benzene rings is 2. The minimum absolute atomic E-state index is 0.317. The summed E-state index contributed by atoms with van der Waals surface area (Å²) in [6.45, 7) is 1.77. The zero-order valence-electron chi connectivity index (χ0n) is 12.6. The Bertz CT molecular complexity index is 718. The van der Waals surface area contributed by atoms with E-state index >= 15 is 0 Å². The van der Waals surface area contributed by atoms with Gasteiger partial charge in [0.05, 0.1) is 11.3 Å². The van der Waals surface area contributed by atoms with Crippen molar-refractivity contribution in [2.75, 3.05) is 11.1 Å². The number of carbonyl (C=O) groups is 2. The average Bonchev–Trinajstić information content (AvgIpc) is 2.54. The maximum atomic E-state index is 12.3. The van der Waals surface area contributed by atoms with Crippen molar-refractivity contribution in [3.63, 3.8) is 0 Å². The quantitative estimate of drug-likeness (QED) is 0.616. The maximum absolute atomic E-state index is 12.3. The van der Waals surface area contributed by atoms with Crippen LogP contribution in [-0.2, 0) is 9.53 Å². The second-order valence-corrected chi connectivity index (χ2v) is 5.75. The lowest BCUT2D eigenvalue weighted by Gasteiger charge is -2.16. The van der Waals surface area contributed by atoms with Crippen molar-refractivity contribution in [2.45, 2.75) is 19.4 Å². The number of esters is 1. The van der Waals surface area contributed by atoms with Crippen LogP contribution < -0.4 is 11.1 Å². The Morgan fingerprint density at radius 2 is 1.96 bits per heavy atom. The van der Waals surface area contributed by atoms with Gasteiger partial charge in [0.2, 0.25) is 0 Å². The van der Waals surface area contributed by atoms with Crippen LogP contribution in [0.25, 0.3) is 0 Å². The third-order valence-electron chi connectivity index (χ3n) is 3.17. The molecule has 1 atom stereocenters. The normalized spacial score (nSPS) is 11.6. The molecule has 3 N–H and O–H groups in total. The molecule has 0 aliphatic heterocycles. The molecule has 0 saturated heterocycles. The fraction of sp³-hybridized carbons (Fsp3) is 0.176. The number of ether oxygens (including phenoxy) is 1. The van der Waals surface area contributed by atoms with Gasteiger partial charge in [-0.3, -0.25) is 4.79 Å². The maximum Gasteiger partial charge on any atom is 0.338 e. The number of nitrogen functional groups attached to an aromatic ring is 1. The molecule has 0 aliphatic rings. The first-order chi connectivity index (χ1) is 11.0. The lowest BCUT2D eigenvalue weighted by molar-refractivity contribution is -0.124. The minimum atomic E-state index is -0.879. The number of hydrogen-bond donors (Lipinski definition) is 2. The molecule has 0 aromatic heterocycles. The van der Waals surface area contributed by atoms with Crippen molar-refractivity contribution >= 4 is 39.2 Å². The van der Waals surface area contributed by atoms with Gasteiger partial charge in [0.15, 0.2) is 6.10 Å². The number of anilines is 2. The molecule has 0 heterocycles. The van der Waals surface area contributed by atoms with E-state index in [1.165, 1.54) is 6.07 Å². The van der Waals surface area contributed by atoms with Crippen LogP contribution in [-0.4, -0.2) is 18.0 Å². The predicted octanol–water partition coefficient (Wildman–Crippen LogP) is 3.61. The third-order valence-corrected chi connectivity index (χ3v) is 3.86. The Morgan fingerprint density at radius 1 is 1.22 bits per heavy atom. The van der Waals surface area contributed by atoms with E-state index in [4.69, 9.17) is 10.5 Å². The number of carbonyl (C=O) groups excluding carboxylic acids is 2. The average molecular weight is 377 g/mol. The van der Waals surface area contributed by atoms with E-state index in [2.05, 4.69) is 21.2 Å². The van der Waals surface area contributed by atoms with E-state index in [-0.39, 0.29) is 5.91 Å². The monoisotopic (exact) mass is 376 g/mol. The van der Waals surface area contributed by atoms with Crippen LogP contribution >= 0.6 is 15.9 Å². The van der Waals surface area contributed by atoms with Crippen LogP contribution in [0.15, 0.2) is 53.0 Å². The van der Waals surface area contributed by atoms with E-state index < -0.39 is 12.1 Å². The van der Waals surface area contributed by atoms with E-state index in [0.717, 1.165) is 4.47 Å². The summed E-state index contributed by atoms with van der Waals surface area (Å²) in [5, 5.41) is 2.74. The van der Waals surface area contributed by atoms with Crippen LogP contribution in [0.1, 0.15) is 23.7 Å². The van der Waals surface area contributed by atoms with Gasteiger partial charge in [0.1, 0.15) is 0 Å². The van der Waals surface area contributed by atoms with Gasteiger partial charge in [-0.1, -0.05) is 25.1 Å². The Balaban J connectivity index is 2.06. The summed E-state index contributed by atoms with van der Waals surface area (Å²) in [5.41, 5.74) is 7.05. The first-order valence-corrected chi connectivity index (χ1v) is 7.92. The molecular formula is C17H17BrN2O3. The standard InChI is InChI=1S/C17H17BrN2O3/c1-2-15(16(21)20-14-9-4-3-8-13(14)18)23-17(22)11-6-5-7-12(19)10-11/h3-10,15H,2,19H2,1H3,(H,20,21). The first-order valence-electron chi connectivity index (χ1n) is 7.13. The van der Waals surface area contributed by atoms with Gasteiger partial charge in [-0.25, -0.2) is 4.79 Å². The number of amides is 1. The van der Waals surface area contributed by atoms with Crippen molar-refractivity contribution in [1.29, 1.82) is 0 Å². The largest absolute Gasteiger partial charge is 0.449 e. The highest BCUT2D eigenvalue weighted by Gasteiger charge is 2.22. The molecular weight excluding hydrogens is 360 g/mol. The smallest absolute Gasteiger partial charge is 0.338 e. The molecule has 23 heavy (non-hydrogen) atoms. The minimum Gasteiger partial charge on any atom is -0.449 e. The molecule has 5 nitrogen and oxygen atoms in total. The van der Waals surface area contributed by atoms with Crippen molar-refractivity contribution in [3.05, 3.63) is 58.6 Å². The Morgan fingerprint density at radius 3 is 2.61 bits per heavy atom. The number of hydrogen-bond acceptors (Lipinski definition) is 4. The van der Waals surface area contributed by atoms with Crippen LogP contribution in [0.4, 0.5) is 11.4 Å². The SMILES string of the molecule is CCC(OC(=O)c1cccc(N)c1)C(=O)Nc1ccccc1Br. The van der Waals surface area contributed by atoms with Gasteiger partial charge in [-0.15, -0.1) is 0 Å². The summed E-state index contributed by atoms with van der Waals surface area (Å²) >= 11 is 3.35. The number of rotatable bonds is 5. The fourth-order valence-corrected chi connectivity index (χ4v) is 2.34. The molecule has 0 spiro atoms. The Hall–Kier alpha value is -2.34. The second-order valence-electron chi connectivity index (χ2n) is 4.90. The van der Waals surface area contributed by atoms with Gasteiger partial charge in [-0.05, 0) is 52.7 Å². The van der Waals surface area contributed by atoms with Gasteiger partial charge >= 0.3 is 5.97 Å². The van der Waals surface area contributed by atoms with Crippen LogP contribution in [0.5, 0.6) is 0 Å². The van der Waals surface area contributed by atoms with Gasteiger partial charge in [0.25, 0.3) is 5.91 Å². The molecule has 2 aromatic rings. The van der Waals surface area contributed by atoms with Crippen molar-refractivity contribution in [2.24, 2.45) is 0 Å². The zero-order chi connectivity index (χ0) is 16.8. The molecule has 6 heteroatoms. The summed E-state index contributed by atoms with van der Waals surface area (Å²) in [5.74, 6) is -0.955. The van der Waals surface area contributed by atoms with E-state index in [0.29, 0.717) is 23.4 Å². The molecule has 2 rings (SSSR count). The van der Waals surface area contributed by atoms with Gasteiger partial charge in [-0.2, -0.15) is 0 Å². The highest BCUT2D eigenvalue weighted by Crippen LogP contribution is 2.22. The molecule has 0 saturated carbocycles. The van der Waals surface area contributed by atoms with Crippen molar-refractivity contribution in [3.8, 4) is 0 Å². The Kier molecular flexibility index (Phi) is 5.76. The zero-order valence-corrected chi connectivity index (χ0v) is 14.2. The number of nitrogens with two attached hydrogens (primary N) is 1. The first kappa shape index (κ1) is 17.0. The van der Waals surface area contributed by atoms with Crippen LogP contribution in [0.2, 0.25) is 0 Å². The van der Waals surface area contributed by atoms with E-state index in [1.807, 2.05) is 12.1 Å². The van der Waals surface area contributed by atoms with Crippen molar-refractivity contribution < 1.29 is 14.3 Å².